The van der Waals surface area contributed by atoms with Gasteiger partial charge in [0.05, 0.1) is 18.5 Å². The number of benzene rings is 1. The highest BCUT2D eigenvalue weighted by Gasteiger charge is 2.30. The molecule has 0 saturated carbocycles. The summed E-state index contributed by atoms with van der Waals surface area (Å²) in [6.07, 6.45) is 3.01. The number of halogens is 1. The maximum Gasteiger partial charge on any atom is 0.275 e. The van der Waals surface area contributed by atoms with Gasteiger partial charge in [0.1, 0.15) is 23.7 Å². The number of carbonyl (C=O) groups excluding carboxylic acids is 1. The largest absolute Gasteiger partial charge is 0.386 e. The zero-order valence-corrected chi connectivity index (χ0v) is 14.8. The van der Waals surface area contributed by atoms with Crippen LogP contribution in [-0.4, -0.2) is 34.9 Å². The molecule has 1 aromatic carbocycles. The quantitative estimate of drug-likeness (QED) is 0.871. The number of rotatable bonds is 3. The molecule has 3 rings (SSSR count). The molecule has 0 spiro atoms. The lowest BCUT2D eigenvalue weighted by Crippen LogP contribution is -2.37. The number of aryl methyl sites for hydroxylation is 1. The molecule has 0 bridgehead atoms. The summed E-state index contributed by atoms with van der Waals surface area (Å²) < 4.78 is 5.49. The van der Waals surface area contributed by atoms with E-state index in [1.54, 1.807) is 6.20 Å². The van der Waals surface area contributed by atoms with Crippen molar-refractivity contribution < 1.29 is 9.53 Å². The highest BCUT2D eigenvalue weighted by Crippen LogP contribution is 2.29. The molecule has 8 heteroatoms. The molecule has 1 atom stereocenters. The van der Waals surface area contributed by atoms with Gasteiger partial charge in [-0.2, -0.15) is 0 Å². The van der Waals surface area contributed by atoms with Crippen molar-refractivity contribution in [2.75, 3.05) is 18.5 Å². The van der Waals surface area contributed by atoms with E-state index in [4.69, 9.17) is 10.5 Å². The van der Waals surface area contributed by atoms with Crippen LogP contribution in [0.5, 0.6) is 0 Å². The molecule has 0 saturated heterocycles. The second-order valence-electron chi connectivity index (χ2n) is 5.95. The first kappa shape index (κ1) is 18.8. The Bertz CT molecular complexity index is 794. The van der Waals surface area contributed by atoms with Crippen LogP contribution in [0.3, 0.4) is 0 Å². The van der Waals surface area contributed by atoms with Crippen LogP contribution in [0, 0.1) is 6.92 Å². The van der Waals surface area contributed by atoms with Crippen molar-refractivity contribution in [3.05, 3.63) is 53.6 Å². The lowest BCUT2D eigenvalue weighted by atomic mass is 9.92. The Morgan fingerprint density at radius 1 is 1.32 bits per heavy atom. The smallest absolute Gasteiger partial charge is 0.275 e. The van der Waals surface area contributed by atoms with E-state index < -0.39 is 5.54 Å². The first-order valence-electron chi connectivity index (χ1n) is 7.59. The summed E-state index contributed by atoms with van der Waals surface area (Å²) in [7, 11) is 0. The zero-order valence-electron chi connectivity index (χ0n) is 14.0. The molecular weight excluding hydrogens is 342 g/mol. The number of aromatic nitrogens is 2. The van der Waals surface area contributed by atoms with Crippen molar-refractivity contribution in [1.29, 1.82) is 0 Å². The van der Waals surface area contributed by atoms with Crippen molar-refractivity contribution in [2.24, 2.45) is 10.7 Å². The number of anilines is 1. The number of nitrogens with two attached hydrogens (primary N) is 1. The van der Waals surface area contributed by atoms with Gasteiger partial charge < -0.3 is 15.8 Å². The van der Waals surface area contributed by atoms with Gasteiger partial charge in [0.2, 0.25) is 0 Å². The molecular formula is C17H20ClN5O2. The molecule has 1 unspecified atom stereocenters. The Labute approximate surface area is 152 Å². The van der Waals surface area contributed by atoms with Crippen LogP contribution in [0.15, 0.2) is 41.7 Å². The van der Waals surface area contributed by atoms with E-state index in [1.807, 2.05) is 38.1 Å². The Hall–Kier alpha value is -2.51. The van der Waals surface area contributed by atoms with Crippen LogP contribution in [0.1, 0.15) is 28.7 Å². The first-order valence-corrected chi connectivity index (χ1v) is 7.59. The Kier molecular flexibility index (Phi) is 5.71. The van der Waals surface area contributed by atoms with Gasteiger partial charge in [-0.3, -0.25) is 14.8 Å². The van der Waals surface area contributed by atoms with Crippen molar-refractivity contribution in [3.8, 4) is 0 Å². The summed E-state index contributed by atoms with van der Waals surface area (Å²) in [4.78, 5) is 24.9. The molecule has 132 valence electrons. The minimum atomic E-state index is -0.563. The number of aliphatic imine (C=N–C) groups is 1. The maximum atomic E-state index is 12.3. The van der Waals surface area contributed by atoms with E-state index >= 15 is 0 Å². The fourth-order valence-electron chi connectivity index (χ4n) is 2.52. The number of ether oxygens (including phenoxy) is 1. The summed E-state index contributed by atoms with van der Waals surface area (Å²) in [5.74, 6) is 0.154. The summed E-state index contributed by atoms with van der Waals surface area (Å²) >= 11 is 0. The summed E-state index contributed by atoms with van der Waals surface area (Å²) in [5, 5.41) is 2.82. The molecule has 3 N–H and O–H groups in total. The summed E-state index contributed by atoms with van der Waals surface area (Å²) in [5.41, 5.74) is 7.82. The van der Waals surface area contributed by atoms with Gasteiger partial charge in [0.25, 0.3) is 5.91 Å². The number of nitrogens with zero attached hydrogens (tertiary/aromatic N) is 3. The summed E-state index contributed by atoms with van der Waals surface area (Å²) in [6, 6.07) is 7.47. The van der Waals surface area contributed by atoms with Crippen molar-refractivity contribution in [2.45, 2.75) is 19.4 Å². The number of amidine groups is 1. The van der Waals surface area contributed by atoms with Crippen molar-refractivity contribution in [3.63, 3.8) is 0 Å². The van der Waals surface area contributed by atoms with Crippen LogP contribution < -0.4 is 11.1 Å². The van der Waals surface area contributed by atoms with Crippen LogP contribution >= 0.6 is 12.4 Å². The second-order valence-corrected chi connectivity index (χ2v) is 5.95. The topological polar surface area (TPSA) is 102 Å². The summed E-state index contributed by atoms with van der Waals surface area (Å²) in [6.45, 7) is 4.55. The normalized spacial score (nSPS) is 19.5. The van der Waals surface area contributed by atoms with Gasteiger partial charge in [0.15, 0.2) is 0 Å². The zero-order chi connectivity index (χ0) is 17.2. The lowest BCUT2D eigenvalue weighted by Gasteiger charge is -2.30. The van der Waals surface area contributed by atoms with Crippen LogP contribution in [0.25, 0.3) is 0 Å². The van der Waals surface area contributed by atoms with E-state index in [-0.39, 0.29) is 24.0 Å². The van der Waals surface area contributed by atoms with Gasteiger partial charge in [-0.25, -0.2) is 4.98 Å². The molecule has 7 nitrogen and oxygen atoms in total. The van der Waals surface area contributed by atoms with Crippen molar-refractivity contribution >= 4 is 29.8 Å². The highest BCUT2D eigenvalue weighted by atomic mass is 35.5. The van der Waals surface area contributed by atoms with Gasteiger partial charge >= 0.3 is 0 Å². The third-order valence-corrected chi connectivity index (χ3v) is 3.78. The van der Waals surface area contributed by atoms with E-state index in [9.17, 15) is 4.79 Å². The van der Waals surface area contributed by atoms with Gasteiger partial charge in [-0.15, -0.1) is 12.4 Å². The standard InChI is InChI=1S/C17H19N5O2.ClH/c1-11-7-20-14(8-19-11)16(23)21-13-5-3-4-12(6-13)17(2)10-24-9-15(18)22-17;/h3-8H,9-10H2,1-2H3,(H2,18,22)(H,21,23);1H. The fourth-order valence-corrected chi connectivity index (χ4v) is 2.52. The number of hydrogen-bond donors (Lipinski definition) is 2. The third kappa shape index (κ3) is 4.32. The number of hydrogen-bond acceptors (Lipinski definition) is 6. The molecule has 1 amide bonds. The molecule has 1 aliphatic heterocycles. The third-order valence-electron chi connectivity index (χ3n) is 3.78. The molecule has 2 heterocycles. The predicted molar refractivity (Wildman–Crippen MR) is 98.2 cm³/mol. The van der Waals surface area contributed by atoms with E-state index in [1.165, 1.54) is 6.20 Å². The van der Waals surface area contributed by atoms with Crippen LogP contribution in [-0.2, 0) is 10.3 Å². The van der Waals surface area contributed by atoms with E-state index in [0.717, 1.165) is 11.3 Å². The molecule has 25 heavy (non-hydrogen) atoms. The minimum Gasteiger partial charge on any atom is -0.386 e. The van der Waals surface area contributed by atoms with E-state index in [2.05, 4.69) is 20.3 Å². The van der Waals surface area contributed by atoms with Crippen LogP contribution in [0.2, 0.25) is 0 Å². The van der Waals surface area contributed by atoms with Crippen LogP contribution in [0.4, 0.5) is 5.69 Å². The average molecular weight is 362 g/mol. The number of carbonyl (C=O) groups is 1. The first-order chi connectivity index (χ1) is 11.5. The maximum absolute atomic E-state index is 12.3. The molecule has 0 radical (unpaired) electrons. The molecule has 0 aliphatic carbocycles. The molecule has 2 aromatic rings. The van der Waals surface area contributed by atoms with Gasteiger partial charge in [-0.1, -0.05) is 12.1 Å². The monoisotopic (exact) mass is 361 g/mol. The SMILES string of the molecule is Cc1cnc(C(=O)Nc2cccc(C3(C)COCC(N)=N3)c2)cn1.Cl. The highest BCUT2D eigenvalue weighted by molar-refractivity contribution is 6.02. The minimum absolute atomic E-state index is 0. The fraction of sp³-hybridized carbons (Fsp3) is 0.294. The van der Waals surface area contributed by atoms with Gasteiger partial charge in [0, 0.05) is 11.9 Å². The Balaban J connectivity index is 0.00000225. The molecule has 0 fully saturated rings. The average Bonchev–Trinajstić information content (AvgIpc) is 2.55. The lowest BCUT2D eigenvalue weighted by molar-refractivity contribution is 0.102. The molecule has 1 aromatic heterocycles. The Morgan fingerprint density at radius 2 is 2.12 bits per heavy atom. The Morgan fingerprint density at radius 3 is 2.80 bits per heavy atom. The van der Waals surface area contributed by atoms with Gasteiger partial charge in [-0.05, 0) is 31.5 Å². The van der Waals surface area contributed by atoms with E-state index in [0.29, 0.717) is 24.7 Å². The number of amides is 1. The second kappa shape index (κ2) is 7.58. The predicted octanol–water partition coefficient (Wildman–Crippen LogP) is 2.06. The number of nitrogens with one attached hydrogen (secondary N) is 1. The van der Waals surface area contributed by atoms with Crippen molar-refractivity contribution in [1.82, 2.24) is 9.97 Å². The molecule has 1 aliphatic rings.